The van der Waals surface area contributed by atoms with Crippen molar-refractivity contribution in [3.05, 3.63) is 11.1 Å². The first kappa shape index (κ1) is 7.96. The van der Waals surface area contributed by atoms with E-state index in [0.29, 0.717) is 6.04 Å². The Morgan fingerprint density at radius 3 is 3.00 bits per heavy atom. The molecule has 0 aromatic heterocycles. The molecule has 0 N–H and O–H groups in total. The summed E-state index contributed by atoms with van der Waals surface area (Å²) in [5.74, 6) is 0.861. The van der Waals surface area contributed by atoms with E-state index in [1.165, 1.54) is 19.3 Å². The lowest BCUT2D eigenvalue weighted by Crippen LogP contribution is -2.19. The smallest absolute Gasteiger partial charge is 0.0893 e. The zero-order chi connectivity index (χ0) is 8.55. The van der Waals surface area contributed by atoms with Gasteiger partial charge in [0.05, 0.1) is 12.6 Å². The first-order valence-corrected chi connectivity index (χ1v) is 4.84. The maximum Gasteiger partial charge on any atom is 0.0893 e. The average molecular weight is 164 g/mol. The van der Waals surface area contributed by atoms with Gasteiger partial charge in [-0.05, 0) is 43.3 Å². The molecule has 0 saturated heterocycles. The molecule has 2 rings (SSSR count). The van der Waals surface area contributed by atoms with Gasteiger partial charge in [0.2, 0.25) is 0 Å². The van der Waals surface area contributed by atoms with Crippen molar-refractivity contribution in [3.63, 3.8) is 0 Å². The lowest BCUT2D eigenvalue weighted by molar-refractivity contribution is 0.461. The van der Waals surface area contributed by atoms with E-state index in [2.05, 4.69) is 24.1 Å². The van der Waals surface area contributed by atoms with Crippen molar-refractivity contribution in [1.82, 2.24) is 0 Å². The molecule has 1 aliphatic heterocycles. The van der Waals surface area contributed by atoms with Gasteiger partial charge in [0.25, 0.3) is 0 Å². The Bertz CT molecular complexity index is 240. The van der Waals surface area contributed by atoms with Gasteiger partial charge in [-0.2, -0.15) is 10.2 Å². The van der Waals surface area contributed by atoms with Crippen LogP contribution in [0.5, 0.6) is 0 Å². The number of hydrogen-bond donors (Lipinski definition) is 0. The van der Waals surface area contributed by atoms with Crippen molar-refractivity contribution < 1.29 is 0 Å². The molecule has 0 radical (unpaired) electrons. The molecule has 0 saturated carbocycles. The topological polar surface area (TPSA) is 24.7 Å². The van der Waals surface area contributed by atoms with Crippen LogP contribution in [0.15, 0.2) is 21.4 Å². The predicted molar refractivity (Wildman–Crippen MR) is 49.2 cm³/mol. The summed E-state index contributed by atoms with van der Waals surface area (Å²) in [6, 6.07) is 0.372. The highest BCUT2D eigenvalue weighted by atomic mass is 15.1. The largest absolute Gasteiger partial charge is 0.189 e. The summed E-state index contributed by atoms with van der Waals surface area (Å²) >= 11 is 0. The first-order chi connectivity index (χ1) is 5.77. The summed E-state index contributed by atoms with van der Waals surface area (Å²) in [5.41, 5.74) is 3.17. The molecule has 1 aliphatic carbocycles. The second-order valence-electron chi connectivity index (χ2n) is 4.07. The summed E-state index contributed by atoms with van der Waals surface area (Å²) in [6.07, 6.45) is 3.87. The minimum atomic E-state index is 0.372. The van der Waals surface area contributed by atoms with E-state index in [1.54, 1.807) is 11.1 Å². The molecule has 12 heavy (non-hydrogen) atoms. The third kappa shape index (κ3) is 1.30. The maximum absolute atomic E-state index is 4.22. The zero-order valence-corrected chi connectivity index (χ0v) is 7.88. The van der Waals surface area contributed by atoms with Crippen molar-refractivity contribution in [1.29, 1.82) is 0 Å². The Morgan fingerprint density at radius 1 is 1.33 bits per heavy atom. The second-order valence-corrected chi connectivity index (χ2v) is 4.07. The third-order valence-corrected chi connectivity index (χ3v) is 2.98. The van der Waals surface area contributed by atoms with Gasteiger partial charge in [0.15, 0.2) is 0 Å². The van der Waals surface area contributed by atoms with Crippen molar-refractivity contribution in [2.45, 2.75) is 39.2 Å². The van der Waals surface area contributed by atoms with Crippen LogP contribution < -0.4 is 0 Å². The lowest BCUT2D eigenvalue weighted by Gasteiger charge is -2.28. The van der Waals surface area contributed by atoms with Crippen molar-refractivity contribution in [2.75, 3.05) is 6.54 Å². The van der Waals surface area contributed by atoms with Gasteiger partial charge in [-0.25, -0.2) is 0 Å². The summed E-state index contributed by atoms with van der Waals surface area (Å²) in [5, 5.41) is 8.35. The number of rotatable bonds is 0. The molecule has 2 unspecified atom stereocenters. The molecule has 2 atom stereocenters. The molecule has 0 aromatic rings. The second kappa shape index (κ2) is 3.00. The van der Waals surface area contributed by atoms with Crippen LogP contribution in [0.25, 0.3) is 0 Å². The molecule has 2 heteroatoms. The van der Waals surface area contributed by atoms with Crippen LogP contribution >= 0.6 is 0 Å². The lowest BCUT2D eigenvalue weighted by atomic mass is 9.82. The molecule has 0 fully saturated rings. The van der Waals surface area contributed by atoms with Crippen LogP contribution in [-0.4, -0.2) is 12.6 Å². The Balaban J connectivity index is 2.21. The fourth-order valence-corrected chi connectivity index (χ4v) is 2.17. The van der Waals surface area contributed by atoms with E-state index in [9.17, 15) is 0 Å². The van der Waals surface area contributed by atoms with Crippen LogP contribution in [0.2, 0.25) is 0 Å². The van der Waals surface area contributed by atoms with Gasteiger partial charge in [0, 0.05) is 0 Å². The highest BCUT2D eigenvalue weighted by Crippen LogP contribution is 2.34. The van der Waals surface area contributed by atoms with Gasteiger partial charge in [-0.1, -0.05) is 6.92 Å². The fraction of sp³-hybridized carbons (Fsp3) is 0.800. The molecule has 1 heterocycles. The van der Waals surface area contributed by atoms with E-state index in [1.807, 2.05) is 0 Å². The van der Waals surface area contributed by atoms with Crippen LogP contribution in [0, 0.1) is 5.92 Å². The zero-order valence-electron chi connectivity index (χ0n) is 7.88. The standard InChI is InChI=1S/C10H16N2/c1-7-3-4-9-6-11-12-8(2)10(9)5-7/h7-8H,3-6H2,1-2H3. The fourth-order valence-electron chi connectivity index (χ4n) is 2.17. The van der Waals surface area contributed by atoms with Crippen LogP contribution in [0.4, 0.5) is 0 Å². The maximum atomic E-state index is 4.22. The third-order valence-electron chi connectivity index (χ3n) is 2.98. The summed E-state index contributed by atoms with van der Waals surface area (Å²) in [6.45, 7) is 5.38. The van der Waals surface area contributed by atoms with E-state index in [4.69, 9.17) is 0 Å². The molecular weight excluding hydrogens is 148 g/mol. The molecule has 0 bridgehead atoms. The summed E-state index contributed by atoms with van der Waals surface area (Å²) in [7, 11) is 0. The Morgan fingerprint density at radius 2 is 2.17 bits per heavy atom. The van der Waals surface area contributed by atoms with E-state index < -0.39 is 0 Å². The Labute approximate surface area is 73.8 Å². The molecule has 2 nitrogen and oxygen atoms in total. The summed E-state index contributed by atoms with van der Waals surface area (Å²) in [4.78, 5) is 0. The highest BCUT2D eigenvalue weighted by Gasteiger charge is 2.23. The quantitative estimate of drug-likeness (QED) is 0.492. The van der Waals surface area contributed by atoms with Crippen LogP contribution in [0.3, 0.4) is 0 Å². The van der Waals surface area contributed by atoms with E-state index in [-0.39, 0.29) is 0 Å². The summed E-state index contributed by atoms with van der Waals surface area (Å²) < 4.78 is 0. The van der Waals surface area contributed by atoms with Gasteiger partial charge < -0.3 is 0 Å². The van der Waals surface area contributed by atoms with Gasteiger partial charge in [-0.15, -0.1) is 0 Å². The molecule has 66 valence electrons. The van der Waals surface area contributed by atoms with Gasteiger partial charge in [-0.3, -0.25) is 0 Å². The van der Waals surface area contributed by atoms with Gasteiger partial charge >= 0.3 is 0 Å². The molecule has 0 spiro atoms. The van der Waals surface area contributed by atoms with E-state index in [0.717, 1.165) is 12.5 Å². The highest BCUT2D eigenvalue weighted by molar-refractivity contribution is 5.25. The SMILES string of the molecule is CC1CCC2=C(C1)C(C)N=NC2. The first-order valence-electron chi connectivity index (χ1n) is 4.84. The Hall–Kier alpha value is -0.660. The number of nitrogens with zero attached hydrogens (tertiary/aromatic N) is 2. The van der Waals surface area contributed by atoms with Crippen molar-refractivity contribution in [3.8, 4) is 0 Å². The predicted octanol–water partition coefficient (Wildman–Crippen LogP) is 2.96. The molecule has 0 aromatic carbocycles. The van der Waals surface area contributed by atoms with Gasteiger partial charge in [0.1, 0.15) is 0 Å². The monoisotopic (exact) mass is 164 g/mol. The normalized spacial score (nSPS) is 35.2. The molecular formula is C10H16N2. The van der Waals surface area contributed by atoms with Crippen molar-refractivity contribution >= 4 is 0 Å². The average Bonchev–Trinajstić information content (AvgIpc) is 2.07. The minimum absolute atomic E-state index is 0.372. The number of azo groups is 1. The number of hydrogen-bond acceptors (Lipinski definition) is 2. The minimum Gasteiger partial charge on any atom is -0.189 e. The molecule has 2 aliphatic rings. The Kier molecular flexibility index (Phi) is 1.99. The molecule has 0 amide bonds. The van der Waals surface area contributed by atoms with Crippen LogP contribution in [0.1, 0.15) is 33.1 Å². The van der Waals surface area contributed by atoms with Crippen molar-refractivity contribution in [2.24, 2.45) is 16.1 Å². The van der Waals surface area contributed by atoms with E-state index >= 15 is 0 Å². The van der Waals surface area contributed by atoms with Crippen LogP contribution in [-0.2, 0) is 0 Å².